The normalized spacial score (nSPS) is 10.3. The third-order valence-corrected chi connectivity index (χ3v) is 4.45. The van der Waals surface area contributed by atoms with E-state index in [-0.39, 0.29) is 18.4 Å². The lowest BCUT2D eigenvalue weighted by Gasteiger charge is -2.15. The van der Waals surface area contributed by atoms with Crippen LogP contribution in [0.5, 0.6) is 5.75 Å². The van der Waals surface area contributed by atoms with Crippen LogP contribution in [0.15, 0.2) is 36.4 Å². The summed E-state index contributed by atoms with van der Waals surface area (Å²) >= 11 is 6.05. The zero-order valence-corrected chi connectivity index (χ0v) is 15.5. The van der Waals surface area contributed by atoms with E-state index in [1.165, 1.54) is 11.8 Å². The summed E-state index contributed by atoms with van der Waals surface area (Å²) in [6.07, 6.45) is 0. The van der Waals surface area contributed by atoms with Crippen molar-refractivity contribution in [1.29, 1.82) is 0 Å². The smallest absolute Gasteiger partial charge is 0.262 e. The summed E-state index contributed by atoms with van der Waals surface area (Å²) in [7, 11) is 1.69. The summed E-state index contributed by atoms with van der Waals surface area (Å²) in [6, 6.07) is 10.5. The minimum absolute atomic E-state index is 0.0567. The molecule has 0 spiro atoms. The Morgan fingerprint density at radius 2 is 1.72 bits per heavy atom. The molecule has 2 aromatic carbocycles. The van der Waals surface area contributed by atoms with Crippen molar-refractivity contribution >= 4 is 34.8 Å². The first-order chi connectivity index (χ1) is 11.8. The maximum absolute atomic E-state index is 12.0. The van der Waals surface area contributed by atoms with E-state index >= 15 is 0 Å². The van der Waals surface area contributed by atoms with Crippen LogP contribution < -0.4 is 15.0 Å². The van der Waals surface area contributed by atoms with E-state index in [2.05, 4.69) is 5.32 Å². The molecule has 0 atom stereocenters. The van der Waals surface area contributed by atoms with Crippen LogP contribution in [0, 0.1) is 13.8 Å². The molecular weight excluding hydrogens is 340 g/mol. The van der Waals surface area contributed by atoms with Gasteiger partial charge in [0.2, 0.25) is 5.91 Å². The molecule has 1 N–H and O–H groups in total. The van der Waals surface area contributed by atoms with Gasteiger partial charge in [-0.15, -0.1) is 0 Å². The molecular formula is C19H21ClN2O3. The summed E-state index contributed by atoms with van der Waals surface area (Å²) in [5.41, 5.74) is 3.24. The number of hydrogen-bond acceptors (Lipinski definition) is 3. The minimum atomic E-state index is -0.264. The Morgan fingerprint density at radius 3 is 2.32 bits per heavy atom. The number of halogens is 1. The number of amides is 2. The van der Waals surface area contributed by atoms with Crippen LogP contribution in [0.25, 0.3) is 0 Å². The lowest BCUT2D eigenvalue weighted by Crippen LogP contribution is -2.23. The first-order valence-corrected chi connectivity index (χ1v) is 8.20. The van der Waals surface area contributed by atoms with Gasteiger partial charge >= 0.3 is 0 Å². The third kappa shape index (κ3) is 4.73. The predicted octanol–water partition coefficient (Wildman–Crippen LogP) is 3.96. The molecule has 0 radical (unpaired) electrons. The summed E-state index contributed by atoms with van der Waals surface area (Å²) < 4.78 is 5.58. The van der Waals surface area contributed by atoms with Gasteiger partial charge in [0.05, 0.1) is 0 Å². The molecule has 2 amide bonds. The van der Waals surface area contributed by atoms with Crippen molar-refractivity contribution in [3.05, 3.63) is 52.5 Å². The van der Waals surface area contributed by atoms with Gasteiger partial charge in [0, 0.05) is 30.4 Å². The van der Waals surface area contributed by atoms with Crippen LogP contribution in [0.4, 0.5) is 11.4 Å². The van der Waals surface area contributed by atoms with Gasteiger partial charge in [0.15, 0.2) is 6.61 Å². The Kier molecular flexibility index (Phi) is 6.04. The molecule has 0 aliphatic rings. The molecule has 0 aromatic heterocycles. The number of anilines is 2. The first-order valence-electron chi connectivity index (χ1n) is 7.82. The van der Waals surface area contributed by atoms with Gasteiger partial charge in [-0.05, 0) is 61.4 Å². The summed E-state index contributed by atoms with van der Waals surface area (Å²) in [5.74, 6) is 0.314. The second-order valence-electron chi connectivity index (χ2n) is 5.76. The van der Waals surface area contributed by atoms with Gasteiger partial charge in [-0.3, -0.25) is 9.59 Å². The number of rotatable bonds is 5. The average molecular weight is 361 g/mol. The molecule has 0 aliphatic heterocycles. The lowest BCUT2D eigenvalue weighted by molar-refractivity contribution is -0.118. The summed E-state index contributed by atoms with van der Waals surface area (Å²) in [6.45, 7) is 5.20. The number of carbonyl (C=O) groups is 2. The quantitative estimate of drug-likeness (QED) is 0.878. The van der Waals surface area contributed by atoms with Crippen molar-refractivity contribution in [1.82, 2.24) is 0 Å². The second kappa shape index (κ2) is 8.03. The van der Waals surface area contributed by atoms with E-state index < -0.39 is 0 Å². The van der Waals surface area contributed by atoms with Gasteiger partial charge in [0.25, 0.3) is 5.91 Å². The van der Waals surface area contributed by atoms with Gasteiger partial charge < -0.3 is 15.0 Å². The Balaban J connectivity index is 1.94. The van der Waals surface area contributed by atoms with E-state index in [1.807, 2.05) is 13.8 Å². The molecule has 0 bridgehead atoms. The van der Waals surface area contributed by atoms with E-state index in [1.54, 1.807) is 43.4 Å². The van der Waals surface area contributed by atoms with Crippen LogP contribution in [-0.2, 0) is 9.59 Å². The number of ether oxygens (including phenoxy) is 1. The Bertz CT molecular complexity index is 788. The van der Waals surface area contributed by atoms with Crippen molar-refractivity contribution in [2.24, 2.45) is 0 Å². The van der Waals surface area contributed by atoms with Crippen LogP contribution in [0.3, 0.4) is 0 Å². The van der Waals surface area contributed by atoms with Gasteiger partial charge in [-0.25, -0.2) is 0 Å². The minimum Gasteiger partial charge on any atom is -0.483 e. The fourth-order valence-electron chi connectivity index (χ4n) is 2.21. The Labute approximate surface area is 152 Å². The Hall–Kier alpha value is -2.53. The molecule has 0 fully saturated rings. The molecule has 0 heterocycles. The first kappa shape index (κ1) is 18.8. The lowest BCUT2D eigenvalue weighted by atomic mass is 10.1. The van der Waals surface area contributed by atoms with E-state index in [0.717, 1.165) is 16.8 Å². The highest BCUT2D eigenvalue weighted by Crippen LogP contribution is 2.27. The van der Waals surface area contributed by atoms with Gasteiger partial charge in [0.1, 0.15) is 5.75 Å². The molecule has 0 saturated heterocycles. The van der Waals surface area contributed by atoms with Crippen LogP contribution in [0.1, 0.15) is 18.1 Å². The highest BCUT2D eigenvalue weighted by atomic mass is 35.5. The largest absolute Gasteiger partial charge is 0.483 e. The number of hydrogen-bond donors (Lipinski definition) is 1. The molecule has 25 heavy (non-hydrogen) atoms. The monoisotopic (exact) mass is 360 g/mol. The molecule has 0 aliphatic carbocycles. The number of nitrogens with zero attached hydrogens (tertiary/aromatic N) is 1. The second-order valence-corrected chi connectivity index (χ2v) is 6.16. The van der Waals surface area contributed by atoms with Crippen molar-refractivity contribution in [2.45, 2.75) is 20.8 Å². The number of benzene rings is 2. The number of carbonyl (C=O) groups excluding carboxylic acids is 2. The van der Waals surface area contributed by atoms with E-state index in [4.69, 9.17) is 16.3 Å². The Morgan fingerprint density at radius 1 is 1.08 bits per heavy atom. The summed E-state index contributed by atoms with van der Waals surface area (Å²) in [4.78, 5) is 24.9. The maximum Gasteiger partial charge on any atom is 0.262 e. The van der Waals surface area contributed by atoms with Crippen molar-refractivity contribution in [3.8, 4) is 5.75 Å². The van der Waals surface area contributed by atoms with Crippen LogP contribution in [0.2, 0.25) is 5.02 Å². The molecule has 2 rings (SSSR count). The maximum atomic E-state index is 12.0. The molecule has 0 saturated carbocycles. The van der Waals surface area contributed by atoms with Crippen LogP contribution in [-0.4, -0.2) is 25.5 Å². The van der Waals surface area contributed by atoms with E-state index in [9.17, 15) is 9.59 Å². The fraction of sp³-hybridized carbons (Fsp3) is 0.263. The number of nitrogens with one attached hydrogen (secondary N) is 1. The summed E-state index contributed by atoms with van der Waals surface area (Å²) in [5, 5.41) is 3.43. The van der Waals surface area contributed by atoms with Gasteiger partial charge in [-0.2, -0.15) is 0 Å². The van der Waals surface area contributed by atoms with E-state index in [0.29, 0.717) is 16.5 Å². The molecule has 132 valence electrons. The highest BCUT2D eigenvalue weighted by Gasteiger charge is 2.10. The van der Waals surface area contributed by atoms with Crippen molar-refractivity contribution < 1.29 is 14.3 Å². The molecule has 2 aromatic rings. The SMILES string of the molecule is CC(=O)N(C)c1ccc(NC(=O)COc2ccc(Cl)c(C)c2C)cc1. The average Bonchev–Trinajstić information content (AvgIpc) is 2.59. The van der Waals surface area contributed by atoms with Crippen molar-refractivity contribution in [3.63, 3.8) is 0 Å². The molecule has 6 heteroatoms. The highest BCUT2D eigenvalue weighted by molar-refractivity contribution is 6.31. The van der Waals surface area contributed by atoms with Crippen LogP contribution >= 0.6 is 11.6 Å². The fourth-order valence-corrected chi connectivity index (χ4v) is 2.41. The molecule has 5 nitrogen and oxygen atoms in total. The standard InChI is InChI=1S/C19H21ClN2O3/c1-12-13(2)18(10-9-17(12)20)25-11-19(24)21-15-5-7-16(8-6-15)22(4)14(3)23/h5-10H,11H2,1-4H3,(H,21,24). The van der Waals surface area contributed by atoms with Gasteiger partial charge in [-0.1, -0.05) is 11.6 Å². The molecule has 0 unspecified atom stereocenters. The van der Waals surface area contributed by atoms with Crippen molar-refractivity contribution in [2.75, 3.05) is 23.9 Å². The zero-order chi connectivity index (χ0) is 18.6. The third-order valence-electron chi connectivity index (χ3n) is 4.04. The topological polar surface area (TPSA) is 58.6 Å². The zero-order valence-electron chi connectivity index (χ0n) is 14.7. The predicted molar refractivity (Wildman–Crippen MR) is 101 cm³/mol.